The van der Waals surface area contributed by atoms with Crippen LogP contribution in [0.1, 0.15) is 5.56 Å². The van der Waals surface area contributed by atoms with Crippen LogP contribution in [0.3, 0.4) is 0 Å². The van der Waals surface area contributed by atoms with Crippen molar-refractivity contribution in [2.45, 2.75) is 5.38 Å². The molecule has 0 fully saturated rings. The van der Waals surface area contributed by atoms with Gasteiger partial charge in [0.05, 0.1) is 5.38 Å². The molecule has 0 N–H and O–H groups in total. The van der Waals surface area contributed by atoms with Crippen molar-refractivity contribution in [1.82, 2.24) is 0 Å². The highest BCUT2D eigenvalue weighted by molar-refractivity contribution is 9.09. The van der Waals surface area contributed by atoms with Crippen molar-refractivity contribution in [3.63, 3.8) is 0 Å². The Morgan fingerprint density at radius 3 is 2.54 bits per heavy atom. The Labute approximate surface area is 90.5 Å². The van der Waals surface area contributed by atoms with Gasteiger partial charge in [0, 0.05) is 5.33 Å². The largest absolute Gasteiger partial charge is 0.207 e. The lowest BCUT2D eigenvalue weighted by molar-refractivity contribution is 0.628. The molecule has 1 atom stereocenters. The molecular weight excluding hydrogens is 254 g/mol. The molecule has 0 aliphatic heterocycles. The fraction of sp³-hybridized carbons (Fsp3) is 0.200. The normalized spacial score (nSPS) is 13.5. The minimum atomic E-state index is -0.222. The fourth-order valence-corrected chi connectivity index (χ4v) is 1.13. The maximum absolute atomic E-state index is 12.5. The van der Waals surface area contributed by atoms with Gasteiger partial charge in [0.1, 0.15) is 5.82 Å². The number of rotatable bonds is 3. The summed E-state index contributed by atoms with van der Waals surface area (Å²) in [6.45, 7) is 0. The summed E-state index contributed by atoms with van der Waals surface area (Å²) >= 11 is 9.10. The van der Waals surface area contributed by atoms with Gasteiger partial charge in [-0.15, -0.1) is 11.6 Å². The van der Waals surface area contributed by atoms with Crippen molar-refractivity contribution in [2.75, 3.05) is 5.33 Å². The van der Waals surface area contributed by atoms with E-state index in [4.69, 9.17) is 11.6 Å². The molecule has 13 heavy (non-hydrogen) atoms. The second-order valence-electron chi connectivity index (χ2n) is 2.58. The lowest BCUT2D eigenvalue weighted by Gasteiger charge is -1.96. The van der Waals surface area contributed by atoms with Crippen LogP contribution in [0.2, 0.25) is 0 Å². The van der Waals surface area contributed by atoms with Gasteiger partial charge in [-0.2, -0.15) is 0 Å². The molecule has 0 heterocycles. The smallest absolute Gasteiger partial charge is 0.123 e. The topological polar surface area (TPSA) is 0 Å². The van der Waals surface area contributed by atoms with E-state index in [9.17, 15) is 4.39 Å². The van der Waals surface area contributed by atoms with Crippen molar-refractivity contribution in [3.05, 3.63) is 41.7 Å². The van der Waals surface area contributed by atoms with Gasteiger partial charge >= 0.3 is 0 Å². The van der Waals surface area contributed by atoms with Crippen LogP contribution in [0.4, 0.5) is 4.39 Å². The van der Waals surface area contributed by atoms with Crippen LogP contribution in [0.5, 0.6) is 0 Å². The van der Waals surface area contributed by atoms with E-state index in [0.29, 0.717) is 5.33 Å². The highest BCUT2D eigenvalue weighted by Gasteiger charge is 1.94. The van der Waals surface area contributed by atoms with Crippen LogP contribution in [0.25, 0.3) is 6.08 Å². The first-order valence-electron chi connectivity index (χ1n) is 3.86. The highest BCUT2D eigenvalue weighted by Crippen LogP contribution is 2.08. The Morgan fingerprint density at radius 1 is 1.38 bits per heavy atom. The number of allylic oxidation sites excluding steroid dienone is 1. The van der Waals surface area contributed by atoms with Gasteiger partial charge in [0.25, 0.3) is 0 Å². The molecule has 1 aromatic rings. The molecule has 1 unspecified atom stereocenters. The third-order valence-corrected chi connectivity index (χ3v) is 2.89. The lowest BCUT2D eigenvalue weighted by atomic mass is 10.2. The number of hydrogen-bond donors (Lipinski definition) is 0. The predicted molar refractivity (Wildman–Crippen MR) is 58.9 cm³/mol. The summed E-state index contributed by atoms with van der Waals surface area (Å²) in [6, 6.07) is 6.28. The van der Waals surface area contributed by atoms with Crippen molar-refractivity contribution in [1.29, 1.82) is 0 Å². The van der Waals surface area contributed by atoms with Crippen molar-refractivity contribution >= 4 is 33.6 Å². The van der Waals surface area contributed by atoms with Crippen molar-refractivity contribution in [3.8, 4) is 0 Å². The average Bonchev–Trinajstić information content (AvgIpc) is 2.16. The maximum Gasteiger partial charge on any atom is 0.123 e. The second-order valence-corrected chi connectivity index (χ2v) is 3.79. The Morgan fingerprint density at radius 2 is 2.00 bits per heavy atom. The summed E-state index contributed by atoms with van der Waals surface area (Å²) in [6.07, 6.45) is 3.74. The predicted octanol–water partition coefficient (Wildman–Crippen LogP) is 3.84. The van der Waals surface area contributed by atoms with Gasteiger partial charge in [-0.25, -0.2) is 4.39 Å². The van der Waals surface area contributed by atoms with E-state index in [-0.39, 0.29) is 11.2 Å². The number of hydrogen-bond acceptors (Lipinski definition) is 0. The van der Waals surface area contributed by atoms with Crippen molar-refractivity contribution in [2.24, 2.45) is 0 Å². The quantitative estimate of drug-likeness (QED) is 0.727. The lowest BCUT2D eigenvalue weighted by Crippen LogP contribution is -1.92. The Kier molecular flexibility index (Phi) is 4.46. The average molecular weight is 264 g/mol. The van der Waals surface area contributed by atoms with Crippen LogP contribution in [0, 0.1) is 5.82 Å². The van der Waals surface area contributed by atoms with Crippen LogP contribution in [-0.4, -0.2) is 10.7 Å². The summed E-state index contributed by atoms with van der Waals surface area (Å²) in [5.41, 5.74) is 0.952. The van der Waals surface area contributed by atoms with Crippen LogP contribution >= 0.6 is 27.5 Å². The molecule has 0 radical (unpaired) electrons. The summed E-state index contributed by atoms with van der Waals surface area (Å²) in [4.78, 5) is 0. The van der Waals surface area contributed by atoms with Gasteiger partial charge in [0.15, 0.2) is 0 Å². The van der Waals surface area contributed by atoms with Gasteiger partial charge in [0.2, 0.25) is 0 Å². The summed E-state index contributed by atoms with van der Waals surface area (Å²) in [5.74, 6) is -0.222. The zero-order chi connectivity index (χ0) is 9.68. The Balaban J connectivity index is 2.64. The van der Waals surface area contributed by atoms with Crippen molar-refractivity contribution < 1.29 is 4.39 Å². The minimum Gasteiger partial charge on any atom is -0.207 e. The SMILES string of the molecule is Fc1ccc(/C=C/C(Cl)CBr)cc1. The Hall–Kier alpha value is -0.340. The number of benzene rings is 1. The van der Waals surface area contributed by atoms with Crippen LogP contribution in [0.15, 0.2) is 30.3 Å². The molecule has 0 bridgehead atoms. The molecule has 1 rings (SSSR count). The van der Waals surface area contributed by atoms with E-state index >= 15 is 0 Å². The summed E-state index contributed by atoms with van der Waals surface area (Å²) in [7, 11) is 0. The Bertz CT molecular complexity index is 281. The molecule has 70 valence electrons. The first-order chi connectivity index (χ1) is 6.22. The van der Waals surface area contributed by atoms with Gasteiger partial charge in [-0.1, -0.05) is 40.2 Å². The molecule has 0 spiro atoms. The highest BCUT2D eigenvalue weighted by atomic mass is 79.9. The maximum atomic E-state index is 12.5. The monoisotopic (exact) mass is 262 g/mol. The van der Waals surface area contributed by atoms with E-state index in [1.165, 1.54) is 12.1 Å². The molecule has 0 saturated carbocycles. The summed E-state index contributed by atoms with van der Waals surface area (Å²) in [5, 5.41) is 0.691. The van der Waals surface area contributed by atoms with E-state index < -0.39 is 0 Å². The van der Waals surface area contributed by atoms with Gasteiger partial charge in [-0.3, -0.25) is 0 Å². The van der Waals surface area contributed by atoms with E-state index in [1.54, 1.807) is 12.1 Å². The second kappa shape index (κ2) is 5.40. The molecular formula is C10H9BrClF. The standard InChI is InChI=1S/C10H9BrClF/c11-7-9(12)4-1-8-2-5-10(13)6-3-8/h1-6,9H,7H2/b4-1+. The third-order valence-electron chi connectivity index (χ3n) is 1.51. The third kappa shape index (κ3) is 3.92. The number of halogens is 3. The number of alkyl halides is 2. The zero-order valence-electron chi connectivity index (χ0n) is 6.88. The molecule has 0 aliphatic rings. The molecule has 0 aromatic heterocycles. The molecule has 0 nitrogen and oxygen atoms in total. The van der Waals surface area contributed by atoms with Gasteiger partial charge in [-0.05, 0) is 17.7 Å². The first kappa shape index (κ1) is 10.7. The van der Waals surface area contributed by atoms with E-state index in [2.05, 4.69) is 15.9 Å². The minimum absolute atomic E-state index is 0.0231. The van der Waals surface area contributed by atoms with Crippen LogP contribution < -0.4 is 0 Å². The zero-order valence-corrected chi connectivity index (χ0v) is 9.22. The molecule has 1 aromatic carbocycles. The molecule has 0 saturated heterocycles. The van der Waals surface area contributed by atoms with Crippen LogP contribution in [-0.2, 0) is 0 Å². The summed E-state index contributed by atoms with van der Waals surface area (Å²) < 4.78 is 12.5. The van der Waals surface area contributed by atoms with E-state index in [1.807, 2.05) is 12.2 Å². The fourth-order valence-electron chi connectivity index (χ4n) is 0.841. The first-order valence-corrected chi connectivity index (χ1v) is 5.42. The molecule has 0 amide bonds. The van der Waals surface area contributed by atoms with Gasteiger partial charge < -0.3 is 0 Å². The molecule has 3 heteroatoms. The molecule has 0 aliphatic carbocycles. The van der Waals surface area contributed by atoms with E-state index in [0.717, 1.165) is 5.56 Å².